The highest BCUT2D eigenvalue weighted by Crippen LogP contribution is 2.14. The second kappa shape index (κ2) is 4.61. The van der Waals surface area contributed by atoms with Crippen molar-refractivity contribution in [3.05, 3.63) is 29.8 Å². The van der Waals surface area contributed by atoms with E-state index in [0.717, 1.165) is 17.9 Å². The highest BCUT2D eigenvalue weighted by atomic mass is 19.1. The fourth-order valence-electron chi connectivity index (χ4n) is 1.61. The molecule has 1 heterocycles. The summed E-state index contributed by atoms with van der Waals surface area (Å²) in [6, 6.07) is 4.94. The Morgan fingerprint density at radius 3 is 2.94 bits per heavy atom. The molecule has 0 amide bonds. The molecule has 4 heteroatoms. The van der Waals surface area contributed by atoms with Crippen molar-refractivity contribution >= 4 is 11.0 Å². The number of H-pyrrole nitrogens is 1. The number of hydrogen-bond acceptors (Lipinski definition) is 2. The molecule has 2 aromatic rings. The maximum atomic E-state index is 13.3. The molecule has 0 atom stereocenters. The van der Waals surface area contributed by atoms with Gasteiger partial charge in [0.2, 0.25) is 0 Å². The predicted molar refractivity (Wildman–Crippen MR) is 62.6 cm³/mol. The first-order valence-electron chi connectivity index (χ1n) is 5.50. The molecule has 1 aromatic heterocycles. The largest absolute Gasteiger partial charge is 0.341 e. The number of para-hydroxylation sites is 1. The van der Waals surface area contributed by atoms with E-state index in [9.17, 15) is 4.39 Å². The highest BCUT2D eigenvalue weighted by Gasteiger charge is 2.06. The number of benzene rings is 1. The van der Waals surface area contributed by atoms with Gasteiger partial charge in [0.1, 0.15) is 11.3 Å². The summed E-state index contributed by atoms with van der Waals surface area (Å²) in [6.07, 6.45) is 0. The van der Waals surface area contributed by atoms with E-state index in [0.29, 0.717) is 18.0 Å². The van der Waals surface area contributed by atoms with E-state index in [1.807, 2.05) is 6.07 Å². The molecule has 0 saturated heterocycles. The molecule has 2 rings (SSSR count). The molecule has 0 unspecified atom stereocenters. The average molecular weight is 221 g/mol. The van der Waals surface area contributed by atoms with Gasteiger partial charge in [0, 0.05) is 0 Å². The van der Waals surface area contributed by atoms with Gasteiger partial charge >= 0.3 is 0 Å². The maximum Gasteiger partial charge on any atom is 0.151 e. The second-order valence-corrected chi connectivity index (χ2v) is 4.34. The van der Waals surface area contributed by atoms with Crippen LogP contribution in [0.25, 0.3) is 11.0 Å². The fourth-order valence-corrected chi connectivity index (χ4v) is 1.61. The molecule has 0 radical (unpaired) electrons. The molecule has 0 aliphatic rings. The number of aromatic amines is 1. The highest BCUT2D eigenvalue weighted by molar-refractivity contribution is 5.75. The van der Waals surface area contributed by atoms with Crippen molar-refractivity contribution in [2.45, 2.75) is 20.4 Å². The van der Waals surface area contributed by atoms with Crippen LogP contribution in [0.5, 0.6) is 0 Å². The number of nitrogens with one attached hydrogen (secondary N) is 2. The number of hydrogen-bond donors (Lipinski definition) is 2. The van der Waals surface area contributed by atoms with Gasteiger partial charge in [-0.3, -0.25) is 0 Å². The number of halogens is 1. The van der Waals surface area contributed by atoms with Crippen LogP contribution in [0.3, 0.4) is 0 Å². The van der Waals surface area contributed by atoms with Crippen molar-refractivity contribution in [1.82, 2.24) is 15.3 Å². The molecule has 0 spiro atoms. The van der Waals surface area contributed by atoms with Gasteiger partial charge in [0.25, 0.3) is 0 Å². The van der Waals surface area contributed by atoms with E-state index >= 15 is 0 Å². The Labute approximate surface area is 94.1 Å². The van der Waals surface area contributed by atoms with E-state index in [1.165, 1.54) is 6.07 Å². The normalized spacial score (nSPS) is 11.5. The summed E-state index contributed by atoms with van der Waals surface area (Å²) in [5, 5.41) is 3.27. The van der Waals surface area contributed by atoms with Crippen LogP contribution in [0, 0.1) is 11.7 Å². The molecule has 0 saturated carbocycles. The third-order valence-corrected chi connectivity index (χ3v) is 2.36. The van der Waals surface area contributed by atoms with E-state index in [4.69, 9.17) is 0 Å². The monoisotopic (exact) mass is 221 g/mol. The minimum absolute atomic E-state index is 0.274. The van der Waals surface area contributed by atoms with Gasteiger partial charge in [-0.15, -0.1) is 0 Å². The van der Waals surface area contributed by atoms with E-state index < -0.39 is 0 Å². The van der Waals surface area contributed by atoms with Crippen molar-refractivity contribution in [1.29, 1.82) is 0 Å². The quantitative estimate of drug-likeness (QED) is 0.832. The van der Waals surface area contributed by atoms with Gasteiger partial charge in [-0.2, -0.15) is 0 Å². The summed E-state index contributed by atoms with van der Waals surface area (Å²) in [6.45, 7) is 5.86. The Morgan fingerprint density at radius 2 is 2.25 bits per heavy atom. The zero-order valence-electron chi connectivity index (χ0n) is 9.55. The number of imidazole rings is 1. The lowest BCUT2D eigenvalue weighted by molar-refractivity contribution is 0.545. The lowest BCUT2D eigenvalue weighted by atomic mass is 10.2. The Hall–Kier alpha value is -1.42. The molecule has 2 N–H and O–H groups in total. The van der Waals surface area contributed by atoms with E-state index in [-0.39, 0.29) is 5.82 Å². The molecule has 0 aliphatic carbocycles. The minimum Gasteiger partial charge on any atom is -0.341 e. The van der Waals surface area contributed by atoms with Gasteiger partial charge in [-0.1, -0.05) is 19.9 Å². The predicted octanol–water partition coefficient (Wildman–Crippen LogP) is 2.45. The summed E-state index contributed by atoms with van der Waals surface area (Å²) in [5.41, 5.74) is 1.17. The van der Waals surface area contributed by atoms with Crippen molar-refractivity contribution in [2.24, 2.45) is 5.92 Å². The lowest BCUT2D eigenvalue weighted by Gasteiger charge is -2.04. The van der Waals surface area contributed by atoms with Gasteiger partial charge in [0.05, 0.1) is 12.1 Å². The minimum atomic E-state index is -0.274. The first-order chi connectivity index (χ1) is 7.66. The zero-order chi connectivity index (χ0) is 11.5. The number of nitrogens with zero attached hydrogens (tertiary/aromatic N) is 1. The van der Waals surface area contributed by atoms with E-state index in [2.05, 4.69) is 29.1 Å². The maximum absolute atomic E-state index is 13.3. The standard InChI is InChI=1S/C12H16FN3/c1-8(2)6-14-7-11-15-10-5-3-4-9(13)12(10)16-11/h3-5,8,14H,6-7H2,1-2H3,(H,15,16). The average Bonchev–Trinajstić information content (AvgIpc) is 2.61. The zero-order valence-corrected chi connectivity index (χ0v) is 9.55. The molecule has 16 heavy (non-hydrogen) atoms. The molecule has 0 aliphatic heterocycles. The van der Waals surface area contributed by atoms with Crippen LogP contribution < -0.4 is 5.32 Å². The summed E-state index contributed by atoms with van der Waals surface area (Å²) in [5.74, 6) is 1.10. The molecular weight excluding hydrogens is 205 g/mol. The topological polar surface area (TPSA) is 40.7 Å². The SMILES string of the molecule is CC(C)CNCc1nc2c(F)cccc2[nH]1. The summed E-state index contributed by atoms with van der Waals surface area (Å²) >= 11 is 0. The fraction of sp³-hybridized carbons (Fsp3) is 0.417. The summed E-state index contributed by atoms with van der Waals surface area (Å²) in [7, 11) is 0. The number of aromatic nitrogens is 2. The van der Waals surface area contributed by atoms with Crippen LogP contribution in [0.2, 0.25) is 0 Å². The molecule has 86 valence electrons. The molecule has 0 fully saturated rings. The number of rotatable bonds is 4. The van der Waals surface area contributed by atoms with Gasteiger partial charge < -0.3 is 10.3 Å². The van der Waals surface area contributed by atoms with Crippen LogP contribution in [-0.2, 0) is 6.54 Å². The summed E-state index contributed by atoms with van der Waals surface area (Å²) in [4.78, 5) is 7.31. The molecular formula is C12H16FN3. The first-order valence-corrected chi connectivity index (χ1v) is 5.50. The third-order valence-electron chi connectivity index (χ3n) is 2.36. The van der Waals surface area contributed by atoms with Crippen molar-refractivity contribution < 1.29 is 4.39 Å². The van der Waals surface area contributed by atoms with E-state index in [1.54, 1.807) is 6.07 Å². The van der Waals surface area contributed by atoms with Crippen LogP contribution in [0.1, 0.15) is 19.7 Å². The second-order valence-electron chi connectivity index (χ2n) is 4.34. The Morgan fingerprint density at radius 1 is 1.44 bits per heavy atom. The third kappa shape index (κ3) is 2.39. The van der Waals surface area contributed by atoms with Crippen LogP contribution in [-0.4, -0.2) is 16.5 Å². The van der Waals surface area contributed by atoms with Crippen molar-refractivity contribution in [2.75, 3.05) is 6.54 Å². The Bertz CT molecular complexity index is 476. The lowest BCUT2D eigenvalue weighted by Crippen LogP contribution is -2.19. The summed E-state index contributed by atoms with van der Waals surface area (Å²) < 4.78 is 13.3. The number of fused-ring (bicyclic) bond motifs is 1. The van der Waals surface area contributed by atoms with Crippen LogP contribution in [0.15, 0.2) is 18.2 Å². The molecule has 0 bridgehead atoms. The first kappa shape index (κ1) is 11.1. The molecule has 3 nitrogen and oxygen atoms in total. The Kier molecular flexibility index (Phi) is 3.19. The van der Waals surface area contributed by atoms with Gasteiger partial charge in [-0.25, -0.2) is 9.37 Å². The van der Waals surface area contributed by atoms with Crippen LogP contribution >= 0.6 is 0 Å². The smallest absolute Gasteiger partial charge is 0.151 e. The Balaban J connectivity index is 2.11. The molecule has 1 aromatic carbocycles. The van der Waals surface area contributed by atoms with Gasteiger partial charge in [0.15, 0.2) is 5.82 Å². The van der Waals surface area contributed by atoms with Crippen molar-refractivity contribution in [3.63, 3.8) is 0 Å². The van der Waals surface area contributed by atoms with Gasteiger partial charge in [-0.05, 0) is 24.6 Å². The van der Waals surface area contributed by atoms with Crippen molar-refractivity contribution in [3.8, 4) is 0 Å². The van der Waals surface area contributed by atoms with Crippen LogP contribution in [0.4, 0.5) is 4.39 Å².